The van der Waals surface area contributed by atoms with Crippen LogP contribution < -0.4 is 10.5 Å². The van der Waals surface area contributed by atoms with E-state index in [1.807, 2.05) is 6.07 Å². The molecule has 0 amide bonds. The van der Waals surface area contributed by atoms with E-state index in [1.165, 1.54) is 11.1 Å². The molecule has 24 heavy (non-hydrogen) atoms. The summed E-state index contributed by atoms with van der Waals surface area (Å²) in [6.07, 6.45) is 4.15. The second-order valence-corrected chi connectivity index (χ2v) is 6.71. The van der Waals surface area contributed by atoms with Crippen molar-refractivity contribution in [3.05, 3.63) is 47.2 Å². The standard InChI is InChI=1S/C19H28N4O/c1-2-3-10-24-19-12-18(21-22-19)11-15-4-6-16(7-5-15)13-23-9-8-17(20)14-23/h4-7,12,17H,2-3,8-11,13-14,20H2,1H3,(H,21,22)/t17-/m0/s1. The molecule has 0 spiro atoms. The monoisotopic (exact) mass is 328 g/mol. The molecular formula is C19H28N4O. The summed E-state index contributed by atoms with van der Waals surface area (Å²) >= 11 is 0. The van der Waals surface area contributed by atoms with Crippen LogP contribution in [0.1, 0.15) is 43.0 Å². The number of nitrogens with zero attached hydrogens (tertiary/aromatic N) is 2. The molecule has 0 saturated carbocycles. The van der Waals surface area contributed by atoms with Crippen molar-refractivity contribution in [3.63, 3.8) is 0 Å². The van der Waals surface area contributed by atoms with Gasteiger partial charge in [0, 0.05) is 43.9 Å². The number of unbranched alkanes of at least 4 members (excludes halogenated alkanes) is 1. The van der Waals surface area contributed by atoms with Gasteiger partial charge in [-0.05, 0) is 24.0 Å². The maximum absolute atomic E-state index is 5.97. The van der Waals surface area contributed by atoms with Gasteiger partial charge in [-0.2, -0.15) is 0 Å². The Morgan fingerprint density at radius 2 is 2.08 bits per heavy atom. The number of hydrogen-bond acceptors (Lipinski definition) is 4. The minimum Gasteiger partial charge on any atom is -0.477 e. The number of nitrogens with two attached hydrogens (primary N) is 1. The summed E-state index contributed by atoms with van der Waals surface area (Å²) < 4.78 is 5.61. The Hall–Kier alpha value is -1.85. The van der Waals surface area contributed by atoms with Crippen molar-refractivity contribution < 1.29 is 4.74 Å². The van der Waals surface area contributed by atoms with Gasteiger partial charge in [-0.1, -0.05) is 37.6 Å². The van der Waals surface area contributed by atoms with Gasteiger partial charge in [-0.25, -0.2) is 0 Å². The van der Waals surface area contributed by atoms with E-state index < -0.39 is 0 Å². The van der Waals surface area contributed by atoms with Gasteiger partial charge in [0.25, 0.3) is 0 Å². The highest BCUT2D eigenvalue weighted by Gasteiger charge is 2.18. The van der Waals surface area contributed by atoms with Crippen molar-refractivity contribution >= 4 is 0 Å². The lowest BCUT2D eigenvalue weighted by Crippen LogP contribution is -2.26. The Labute approximate surface area is 144 Å². The van der Waals surface area contributed by atoms with Gasteiger partial charge in [-0.15, -0.1) is 5.10 Å². The molecule has 1 atom stereocenters. The van der Waals surface area contributed by atoms with Crippen LogP contribution in [0.5, 0.6) is 5.88 Å². The maximum atomic E-state index is 5.97. The molecule has 1 aliphatic rings. The average molecular weight is 328 g/mol. The summed E-state index contributed by atoms with van der Waals surface area (Å²) in [6.45, 7) is 6.00. The van der Waals surface area contributed by atoms with Crippen LogP contribution in [0.15, 0.2) is 30.3 Å². The summed E-state index contributed by atoms with van der Waals surface area (Å²) in [5.41, 5.74) is 9.68. The first kappa shape index (κ1) is 17.0. The van der Waals surface area contributed by atoms with Crippen molar-refractivity contribution in [2.45, 2.75) is 45.2 Å². The highest BCUT2D eigenvalue weighted by Crippen LogP contribution is 2.16. The first-order valence-electron chi connectivity index (χ1n) is 8.96. The molecule has 1 fully saturated rings. The average Bonchev–Trinajstić information content (AvgIpc) is 3.19. The Morgan fingerprint density at radius 3 is 2.79 bits per heavy atom. The van der Waals surface area contributed by atoms with Crippen LogP contribution in [-0.4, -0.2) is 40.8 Å². The Bertz CT molecular complexity index is 623. The fraction of sp³-hybridized carbons (Fsp3) is 0.526. The van der Waals surface area contributed by atoms with Gasteiger partial charge in [0.15, 0.2) is 0 Å². The summed E-state index contributed by atoms with van der Waals surface area (Å²) in [5, 5.41) is 7.27. The third-order valence-electron chi connectivity index (χ3n) is 4.49. The van der Waals surface area contributed by atoms with Crippen molar-refractivity contribution in [1.29, 1.82) is 0 Å². The van der Waals surface area contributed by atoms with E-state index in [9.17, 15) is 0 Å². The molecule has 1 aromatic carbocycles. The molecule has 0 aliphatic carbocycles. The van der Waals surface area contributed by atoms with E-state index in [0.717, 1.165) is 57.6 Å². The Balaban J connectivity index is 1.50. The molecule has 3 N–H and O–H groups in total. The molecular weight excluding hydrogens is 300 g/mol. The molecule has 0 radical (unpaired) electrons. The number of ether oxygens (including phenoxy) is 1. The van der Waals surface area contributed by atoms with Crippen molar-refractivity contribution in [3.8, 4) is 5.88 Å². The quantitative estimate of drug-likeness (QED) is 0.731. The van der Waals surface area contributed by atoms with E-state index >= 15 is 0 Å². The smallest absolute Gasteiger partial charge is 0.232 e. The van der Waals surface area contributed by atoms with E-state index in [2.05, 4.69) is 46.3 Å². The van der Waals surface area contributed by atoms with Gasteiger partial charge in [0.1, 0.15) is 0 Å². The second-order valence-electron chi connectivity index (χ2n) is 6.71. The summed E-state index contributed by atoms with van der Waals surface area (Å²) in [7, 11) is 0. The van der Waals surface area contributed by atoms with Crippen LogP contribution in [0.2, 0.25) is 0 Å². The number of benzene rings is 1. The molecule has 130 valence electrons. The summed E-state index contributed by atoms with van der Waals surface area (Å²) in [6, 6.07) is 11.2. The van der Waals surface area contributed by atoms with Crippen LogP contribution in [0, 0.1) is 0 Å². The van der Waals surface area contributed by atoms with Crippen molar-refractivity contribution in [2.75, 3.05) is 19.7 Å². The summed E-state index contributed by atoms with van der Waals surface area (Å²) in [5.74, 6) is 0.695. The van der Waals surface area contributed by atoms with Gasteiger partial charge in [0.2, 0.25) is 5.88 Å². The molecule has 5 nitrogen and oxygen atoms in total. The minimum absolute atomic E-state index is 0.346. The molecule has 1 aromatic heterocycles. The summed E-state index contributed by atoms with van der Waals surface area (Å²) in [4.78, 5) is 2.43. The highest BCUT2D eigenvalue weighted by atomic mass is 16.5. The SMILES string of the molecule is CCCCOc1cc(Cc2ccc(CN3CC[C@H](N)C3)cc2)[nH]n1. The van der Waals surface area contributed by atoms with Crippen LogP contribution in [0.3, 0.4) is 0 Å². The number of aromatic amines is 1. The third kappa shape index (κ3) is 4.82. The zero-order valence-corrected chi connectivity index (χ0v) is 14.5. The molecule has 3 rings (SSSR count). The largest absolute Gasteiger partial charge is 0.477 e. The highest BCUT2D eigenvalue weighted by molar-refractivity contribution is 5.27. The van der Waals surface area contributed by atoms with Crippen LogP contribution >= 0.6 is 0 Å². The van der Waals surface area contributed by atoms with E-state index in [1.54, 1.807) is 0 Å². The van der Waals surface area contributed by atoms with Crippen LogP contribution in [0.4, 0.5) is 0 Å². The third-order valence-corrected chi connectivity index (χ3v) is 4.49. The van der Waals surface area contributed by atoms with Crippen molar-refractivity contribution in [1.82, 2.24) is 15.1 Å². The normalized spacial score (nSPS) is 18.2. The van der Waals surface area contributed by atoms with E-state index in [-0.39, 0.29) is 0 Å². The zero-order chi connectivity index (χ0) is 16.8. The van der Waals surface area contributed by atoms with Gasteiger partial charge >= 0.3 is 0 Å². The van der Waals surface area contributed by atoms with Gasteiger partial charge < -0.3 is 10.5 Å². The van der Waals surface area contributed by atoms with Crippen LogP contribution in [-0.2, 0) is 13.0 Å². The fourth-order valence-electron chi connectivity index (χ4n) is 3.07. The predicted molar refractivity (Wildman–Crippen MR) is 96.1 cm³/mol. The second kappa shape index (κ2) is 8.31. The molecule has 0 unspecified atom stereocenters. The molecule has 2 heterocycles. The lowest BCUT2D eigenvalue weighted by molar-refractivity contribution is 0.297. The first-order valence-corrected chi connectivity index (χ1v) is 8.96. The zero-order valence-electron chi connectivity index (χ0n) is 14.5. The Kier molecular flexibility index (Phi) is 5.88. The number of aromatic nitrogens is 2. The fourth-order valence-corrected chi connectivity index (χ4v) is 3.07. The number of rotatable bonds is 8. The molecule has 5 heteroatoms. The predicted octanol–water partition coefficient (Wildman–Crippen LogP) is 2.71. The number of nitrogens with one attached hydrogen (secondary N) is 1. The minimum atomic E-state index is 0.346. The van der Waals surface area contributed by atoms with Crippen molar-refractivity contribution in [2.24, 2.45) is 5.73 Å². The first-order chi connectivity index (χ1) is 11.7. The molecule has 1 aliphatic heterocycles. The number of hydrogen-bond donors (Lipinski definition) is 2. The van der Waals surface area contributed by atoms with Gasteiger partial charge in [-0.3, -0.25) is 10.00 Å². The van der Waals surface area contributed by atoms with E-state index in [0.29, 0.717) is 11.9 Å². The molecule has 2 aromatic rings. The lowest BCUT2D eigenvalue weighted by Gasteiger charge is -2.15. The maximum Gasteiger partial charge on any atom is 0.232 e. The topological polar surface area (TPSA) is 67.2 Å². The van der Waals surface area contributed by atoms with E-state index in [4.69, 9.17) is 10.5 Å². The Morgan fingerprint density at radius 1 is 1.29 bits per heavy atom. The van der Waals surface area contributed by atoms with Crippen LogP contribution in [0.25, 0.3) is 0 Å². The molecule has 1 saturated heterocycles. The number of likely N-dealkylation sites (tertiary alicyclic amines) is 1. The van der Waals surface area contributed by atoms with Gasteiger partial charge in [0.05, 0.1) is 6.61 Å². The molecule has 0 bridgehead atoms. The number of H-pyrrole nitrogens is 1. The lowest BCUT2D eigenvalue weighted by atomic mass is 10.1.